The van der Waals surface area contributed by atoms with Gasteiger partial charge in [0.15, 0.2) is 23.9 Å². The number of benzene rings is 3. The number of para-hydroxylation sites is 1. The summed E-state index contributed by atoms with van der Waals surface area (Å²) in [5.41, 5.74) is 6.62. The number of carbonyl (C=O) groups is 1. The minimum Gasteiger partial charge on any atom is -0.490 e. The van der Waals surface area contributed by atoms with Crippen LogP contribution in [0.4, 0.5) is 0 Å². The highest BCUT2D eigenvalue weighted by Gasteiger charge is 2.17. The molecule has 0 saturated carbocycles. The zero-order chi connectivity index (χ0) is 26.8. The molecule has 0 aliphatic heterocycles. The van der Waals surface area contributed by atoms with Gasteiger partial charge in [0.2, 0.25) is 5.82 Å². The molecule has 0 bridgehead atoms. The third-order valence-corrected chi connectivity index (χ3v) is 6.68. The van der Waals surface area contributed by atoms with Gasteiger partial charge < -0.3 is 19.6 Å². The van der Waals surface area contributed by atoms with Crippen LogP contribution in [-0.4, -0.2) is 35.0 Å². The topological polar surface area (TPSA) is 122 Å². The molecule has 1 amide bonds. The van der Waals surface area contributed by atoms with Crippen molar-refractivity contribution in [3.8, 4) is 23.1 Å². The number of halogens is 2. The van der Waals surface area contributed by atoms with E-state index in [0.717, 1.165) is 9.86 Å². The summed E-state index contributed by atoms with van der Waals surface area (Å²) in [5.74, 6) is 0.767. The van der Waals surface area contributed by atoms with Gasteiger partial charge in [-0.05, 0) is 71.4 Å². The fraction of sp³-hybridized carbons (Fsp3) is 0.111. The van der Waals surface area contributed by atoms with Crippen LogP contribution in [0.5, 0.6) is 11.5 Å². The van der Waals surface area contributed by atoms with Gasteiger partial charge in [0.1, 0.15) is 5.58 Å². The van der Waals surface area contributed by atoms with Gasteiger partial charge >= 0.3 is 0 Å². The van der Waals surface area contributed by atoms with Gasteiger partial charge in [-0.3, -0.25) is 9.59 Å². The number of amides is 1. The van der Waals surface area contributed by atoms with Crippen molar-refractivity contribution in [1.82, 2.24) is 9.66 Å². The Kier molecular flexibility index (Phi) is 7.30. The van der Waals surface area contributed by atoms with Gasteiger partial charge in [0.25, 0.3) is 11.5 Å². The van der Waals surface area contributed by atoms with E-state index in [4.69, 9.17) is 24.6 Å². The van der Waals surface area contributed by atoms with Crippen LogP contribution >= 0.6 is 31.9 Å². The van der Waals surface area contributed by atoms with E-state index in [9.17, 15) is 9.59 Å². The van der Waals surface area contributed by atoms with E-state index in [1.165, 1.54) is 10.9 Å². The Balaban J connectivity index is 1.64. The number of carbonyl (C=O) groups excluding carboxylic acids is 1. The average Bonchev–Trinajstić information content (AvgIpc) is 3.31. The van der Waals surface area contributed by atoms with Crippen molar-refractivity contribution >= 4 is 65.9 Å². The van der Waals surface area contributed by atoms with Crippen molar-refractivity contribution < 1.29 is 18.7 Å². The summed E-state index contributed by atoms with van der Waals surface area (Å²) in [4.78, 5) is 29.4. The smallest absolute Gasteiger partial charge is 0.282 e. The SMILES string of the molecule is CCOc1cc(C=Nn2c(-c3cc4cc(Br)ccc4o3)nc3ccccc3c2=O)c(Br)cc1OCC(N)=O. The predicted octanol–water partition coefficient (Wildman–Crippen LogP) is 5.48. The average molecular weight is 640 g/mol. The molecule has 0 spiro atoms. The highest BCUT2D eigenvalue weighted by atomic mass is 79.9. The lowest BCUT2D eigenvalue weighted by molar-refractivity contribution is -0.119. The van der Waals surface area contributed by atoms with Crippen LogP contribution in [0.1, 0.15) is 12.5 Å². The molecule has 3 aromatic carbocycles. The Morgan fingerprint density at radius 2 is 1.89 bits per heavy atom. The number of primary amides is 1. The Hall–Kier alpha value is -3.96. The monoisotopic (exact) mass is 638 g/mol. The number of hydrogen-bond donors (Lipinski definition) is 1. The van der Waals surface area contributed by atoms with Gasteiger partial charge in [-0.15, -0.1) is 0 Å². The standard InChI is InChI=1S/C27H20Br2N4O5/c1-2-36-22-11-16(19(29)12-23(22)37-14-25(30)34)13-31-33-26(32-20-6-4-3-5-18(20)27(33)35)24-10-15-9-17(28)7-8-21(15)38-24/h3-13H,2,14H2,1H3,(H2,30,34). The van der Waals surface area contributed by atoms with Gasteiger partial charge in [-0.25, -0.2) is 4.98 Å². The largest absolute Gasteiger partial charge is 0.490 e. The molecule has 0 saturated heterocycles. The number of furan rings is 1. The van der Waals surface area contributed by atoms with Crippen molar-refractivity contribution in [2.75, 3.05) is 13.2 Å². The number of ether oxygens (including phenoxy) is 2. The fourth-order valence-electron chi connectivity index (χ4n) is 3.81. The minimum atomic E-state index is -0.608. The van der Waals surface area contributed by atoms with Crippen molar-refractivity contribution in [1.29, 1.82) is 0 Å². The summed E-state index contributed by atoms with van der Waals surface area (Å²) in [5, 5.41) is 5.77. The van der Waals surface area contributed by atoms with Gasteiger partial charge in [0, 0.05) is 19.9 Å². The summed E-state index contributed by atoms with van der Waals surface area (Å²) in [6.07, 6.45) is 1.51. The van der Waals surface area contributed by atoms with E-state index < -0.39 is 5.91 Å². The molecule has 192 valence electrons. The zero-order valence-corrected chi connectivity index (χ0v) is 23.2. The van der Waals surface area contributed by atoms with E-state index in [1.54, 1.807) is 30.3 Å². The van der Waals surface area contributed by atoms with Crippen LogP contribution in [0.2, 0.25) is 0 Å². The van der Waals surface area contributed by atoms with E-state index >= 15 is 0 Å². The molecule has 2 heterocycles. The molecule has 11 heteroatoms. The molecule has 0 aliphatic carbocycles. The summed E-state index contributed by atoms with van der Waals surface area (Å²) >= 11 is 6.97. The van der Waals surface area contributed by atoms with Crippen molar-refractivity contribution in [2.24, 2.45) is 10.8 Å². The normalized spacial score (nSPS) is 11.4. The third kappa shape index (κ3) is 5.20. The van der Waals surface area contributed by atoms with Gasteiger partial charge in [-0.1, -0.05) is 28.1 Å². The van der Waals surface area contributed by atoms with Crippen molar-refractivity contribution in [3.63, 3.8) is 0 Å². The lowest BCUT2D eigenvalue weighted by Crippen LogP contribution is -2.20. The Bertz CT molecular complexity index is 1780. The Morgan fingerprint density at radius 1 is 1.11 bits per heavy atom. The quantitative estimate of drug-likeness (QED) is 0.224. The predicted molar refractivity (Wildman–Crippen MR) is 152 cm³/mol. The maximum Gasteiger partial charge on any atom is 0.282 e. The van der Waals surface area contributed by atoms with Crippen LogP contribution in [0.25, 0.3) is 33.5 Å². The van der Waals surface area contributed by atoms with E-state index in [0.29, 0.717) is 50.4 Å². The summed E-state index contributed by atoms with van der Waals surface area (Å²) in [6.45, 7) is 1.90. The number of hydrogen-bond acceptors (Lipinski definition) is 7. The molecule has 2 aromatic heterocycles. The molecule has 2 N–H and O–H groups in total. The second-order valence-electron chi connectivity index (χ2n) is 8.12. The zero-order valence-electron chi connectivity index (χ0n) is 20.0. The lowest BCUT2D eigenvalue weighted by Gasteiger charge is -2.13. The first-order valence-corrected chi connectivity index (χ1v) is 13.1. The summed E-state index contributed by atoms with van der Waals surface area (Å²) in [7, 11) is 0. The molecule has 0 unspecified atom stereocenters. The molecule has 5 rings (SSSR count). The summed E-state index contributed by atoms with van der Waals surface area (Å²) in [6, 6.07) is 17.8. The van der Waals surface area contributed by atoms with E-state index in [1.807, 2.05) is 37.3 Å². The van der Waals surface area contributed by atoms with Crippen LogP contribution in [0.15, 0.2) is 83.9 Å². The number of aromatic nitrogens is 2. The second kappa shape index (κ2) is 10.8. The molecule has 0 aliphatic rings. The minimum absolute atomic E-state index is 0.250. The number of nitrogens with zero attached hydrogens (tertiary/aromatic N) is 3. The highest BCUT2D eigenvalue weighted by molar-refractivity contribution is 9.10. The second-order valence-corrected chi connectivity index (χ2v) is 9.89. The highest BCUT2D eigenvalue weighted by Crippen LogP contribution is 2.34. The van der Waals surface area contributed by atoms with Crippen molar-refractivity contribution in [2.45, 2.75) is 6.92 Å². The van der Waals surface area contributed by atoms with Crippen LogP contribution in [-0.2, 0) is 4.79 Å². The van der Waals surface area contributed by atoms with Crippen LogP contribution < -0.4 is 20.8 Å². The maximum atomic E-state index is 13.5. The van der Waals surface area contributed by atoms with E-state index in [-0.39, 0.29) is 18.0 Å². The maximum absolute atomic E-state index is 13.5. The molecule has 0 atom stereocenters. The Labute approximate surface area is 233 Å². The van der Waals surface area contributed by atoms with Crippen LogP contribution in [0, 0.1) is 0 Å². The molecule has 0 radical (unpaired) electrons. The number of fused-ring (bicyclic) bond motifs is 2. The van der Waals surface area contributed by atoms with Crippen molar-refractivity contribution in [3.05, 3.63) is 85.5 Å². The fourth-order valence-corrected chi connectivity index (χ4v) is 4.62. The molecule has 5 aromatic rings. The molecule has 9 nitrogen and oxygen atoms in total. The molecular formula is C27H20Br2N4O5. The summed E-state index contributed by atoms with van der Waals surface area (Å²) < 4.78 is 19.9. The van der Waals surface area contributed by atoms with Gasteiger partial charge in [-0.2, -0.15) is 9.78 Å². The number of rotatable bonds is 8. The first-order valence-electron chi connectivity index (χ1n) is 11.5. The van der Waals surface area contributed by atoms with Crippen LogP contribution in [0.3, 0.4) is 0 Å². The first-order chi connectivity index (χ1) is 18.3. The Morgan fingerprint density at radius 3 is 2.68 bits per heavy atom. The first kappa shape index (κ1) is 25.7. The third-order valence-electron chi connectivity index (χ3n) is 5.50. The molecule has 38 heavy (non-hydrogen) atoms. The number of nitrogens with two attached hydrogens (primary N) is 1. The van der Waals surface area contributed by atoms with Gasteiger partial charge in [0.05, 0.1) is 23.7 Å². The molecule has 0 fully saturated rings. The van der Waals surface area contributed by atoms with E-state index in [2.05, 4.69) is 37.0 Å². The lowest BCUT2D eigenvalue weighted by atomic mass is 10.2. The molecular weight excluding hydrogens is 620 g/mol.